The average molecular weight is 131 g/mol. The molecule has 0 aromatic heterocycles. The van der Waals surface area contributed by atoms with E-state index in [9.17, 15) is 4.39 Å². The van der Waals surface area contributed by atoms with Crippen molar-refractivity contribution in [1.82, 2.24) is 0 Å². The molecule has 2 N–H and O–H groups in total. The molecular formula is C7H14FN. The fourth-order valence-corrected chi connectivity index (χ4v) is 1.42. The summed E-state index contributed by atoms with van der Waals surface area (Å²) in [5.74, 6) is 0.189. The molecule has 0 aromatic rings. The molecule has 0 bridgehead atoms. The fraction of sp³-hybridized carbons (Fsp3) is 1.00. The second-order valence-corrected chi connectivity index (χ2v) is 3.02. The summed E-state index contributed by atoms with van der Waals surface area (Å²) in [4.78, 5) is 0. The molecule has 1 aliphatic rings. The summed E-state index contributed by atoms with van der Waals surface area (Å²) >= 11 is 0. The van der Waals surface area contributed by atoms with Crippen LogP contribution in [0.1, 0.15) is 26.2 Å². The normalized spacial score (nSPS) is 45.0. The van der Waals surface area contributed by atoms with Gasteiger partial charge in [0.15, 0.2) is 0 Å². The number of alkyl halides is 1. The van der Waals surface area contributed by atoms with Crippen LogP contribution >= 0.6 is 0 Å². The molecule has 0 aliphatic heterocycles. The first-order chi connectivity index (χ1) is 4.22. The summed E-state index contributed by atoms with van der Waals surface area (Å²) in [6.07, 6.45) is 2.22. The van der Waals surface area contributed by atoms with E-state index in [-0.39, 0.29) is 12.0 Å². The van der Waals surface area contributed by atoms with E-state index in [1.54, 1.807) is 0 Å². The van der Waals surface area contributed by atoms with Crippen LogP contribution in [-0.2, 0) is 0 Å². The molecule has 0 amide bonds. The zero-order chi connectivity index (χ0) is 6.85. The Bertz CT molecular complexity index is 84.9. The highest BCUT2D eigenvalue weighted by molar-refractivity contribution is 4.81. The van der Waals surface area contributed by atoms with E-state index in [4.69, 9.17) is 5.73 Å². The molecule has 54 valence electrons. The van der Waals surface area contributed by atoms with Crippen LogP contribution in [-0.4, -0.2) is 12.2 Å². The van der Waals surface area contributed by atoms with Crippen molar-refractivity contribution in [2.24, 2.45) is 11.7 Å². The lowest BCUT2D eigenvalue weighted by atomic mass is 9.86. The summed E-state index contributed by atoms with van der Waals surface area (Å²) in [7, 11) is 0. The van der Waals surface area contributed by atoms with E-state index >= 15 is 0 Å². The number of rotatable bonds is 0. The molecule has 3 atom stereocenters. The maximum atomic E-state index is 12.8. The van der Waals surface area contributed by atoms with Gasteiger partial charge in [-0.15, -0.1) is 0 Å². The Hall–Kier alpha value is -0.110. The quantitative estimate of drug-likeness (QED) is 0.529. The van der Waals surface area contributed by atoms with Gasteiger partial charge in [-0.3, -0.25) is 0 Å². The number of hydrogen-bond donors (Lipinski definition) is 1. The Kier molecular flexibility index (Phi) is 2.06. The van der Waals surface area contributed by atoms with Crippen molar-refractivity contribution in [3.05, 3.63) is 0 Å². The van der Waals surface area contributed by atoms with Crippen LogP contribution in [0.3, 0.4) is 0 Å². The highest BCUT2D eigenvalue weighted by Crippen LogP contribution is 2.25. The number of nitrogens with two attached hydrogens (primary N) is 1. The Morgan fingerprint density at radius 3 is 2.56 bits per heavy atom. The van der Waals surface area contributed by atoms with Crippen LogP contribution in [0.15, 0.2) is 0 Å². The standard InChI is InChI=1S/C7H14FN/c1-5-3-2-4-6(9)7(5)8/h5-7H,2-4,9H2,1H3. The minimum absolute atomic E-state index is 0.186. The lowest BCUT2D eigenvalue weighted by Gasteiger charge is -2.27. The molecule has 1 saturated carbocycles. The molecule has 1 aliphatic carbocycles. The molecule has 3 unspecified atom stereocenters. The van der Waals surface area contributed by atoms with Crippen LogP contribution in [0.5, 0.6) is 0 Å². The van der Waals surface area contributed by atoms with E-state index in [1.807, 2.05) is 6.92 Å². The molecule has 1 rings (SSSR count). The molecule has 1 nitrogen and oxygen atoms in total. The Balaban J connectivity index is 2.41. The third kappa shape index (κ3) is 1.42. The van der Waals surface area contributed by atoms with Crippen molar-refractivity contribution in [2.75, 3.05) is 0 Å². The monoisotopic (exact) mass is 131 g/mol. The van der Waals surface area contributed by atoms with Gasteiger partial charge in [0.25, 0.3) is 0 Å². The third-order valence-electron chi connectivity index (χ3n) is 2.15. The predicted molar refractivity (Wildman–Crippen MR) is 35.9 cm³/mol. The summed E-state index contributed by atoms with van der Waals surface area (Å²) in [5.41, 5.74) is 5.49. The van der Waals surface area contributed by atoms with Crippen molar-refractivity contribution >= 4 is 0 Å². The molecular weight excluding hydrogens is 117 g/mol. The molecule has 0 radical (unpaired) electrons. The van der Waals surface area contributed by atoms with Gasteiger partial charge >= 0.3 is 0 Å². The largest absolute Gasteiger partial charge is 0.325 e. The van der Waals surface area contributed by atoms with Gasteiger partial charge in [0, 0.05) is 6.04 Å². The van der Waals surface area contributed by atoms with E-state index in [2.05, 4.69) is 0 Å². The lowest BCUT2D eigenvalue weighted by molar-refractivity contribution is 0.153. The predicted octanol–water partition coefficient (Wildman–Crippen LogP) is 1.47. The third-order valence-corrected chi connectivity index (χ3v) is 2.15. The molecule has 0 heterocycles. The Labute approximate surface area is 55.4 Å². The topological polar surface area (TPSA) is 26.0 Å². The van der Waals surface area contributed by atoms with Crippen molar-refractivity contribution in [2.45, 2.75) is 38.4 Å². The second-order valence-electron chi connectivity index (χ2n) is 3.02. The second kappa shape index (κ2) is 2.65. The Morgan fingerprint density at radius 2 is 2.11 bits per heavy atom. The number of halogens is 1. The van der Waals surface area contributed by atoms with Gasteiger partial charge < -0.3 is 5.73 Å². The van der Waals surface area contributed by atoms with Crippen LogP contribution in [0, 0.1) is 5.92 Å². The minimum Gasteiger partial charge on any atom is -0.325 e. The van der Waals surface area contributed by atoms with Crippen LogP contribution < -0.4 is 5.73 Å². The van der Waals surface area contributed by atoms with Crippen molar-refractivity contribution < 1.29 is 4.39 Å². The highest BCUT2D eigenvalue weighted by atomic mass is 19.1. The summed E-state index contributed by atoms with van der Waals surface area (Å²) in [6.45, 7) is 1.93. The molecule has 2 heteroatoms. The van der Waals surface area contributed by atoms with Gasteiger partial charge in [-0.2, -0.15) is 0 Å². The highest BCUT2D eigenvalue weighted by Gasteiger charge is 2.27. The Morgan fingerprint density at radius 1 is 1.44 bits per heavy atom. The van der Waals surface area contributed by atoms with E-state index in [1.165, 1.54) is 0 Å². The van der Waals surface area contributed by atoms with Gasteiger partial charge in [-0.1, -0.05) is 13.3 Å². The number of hydrogen-bond acceptors (Lipinski definition) is 1. The van der Waals surface area contributed by atoms with Crippen molar-refractivity contribution in [3.8, 4) is 0 Å². The zero-order valence-corrected chi connectivity index (χ0v) is 5.81. The van der Waals surface area contributed by atoms with Gasteiger partial charge in [-0.05, 0) is 18.8 Å². The first kappa shape index (κ1) is 7.00. The first-order valence-electron chi connectivity index (χ1n) is 3.61. The van der Waals surface area contributed by atoms with Crippen molar-refractivity contribution in [3.63, 3.8) is 0 Å². The maximum absolute atomic E-state index is 12.8. The van der Waals surface area contributed by atoms with Crippen LogP contribution in [0.2, 0.25) is 0 Å². The smallest absolute Gasteiger partial charge is 0.118 e. The first-order valence-corrected chi connectivity index (χ1v) is 3.61. The van der Waals surface area contributed by atoms with Gasteiger partial charge in [-0.25, -0.2) is 4.39 Å². The molecule has 0 saturated heterocycles. The summed E-state index contributed by atoms with van der Waals surface area (Å²) in [6, 6.07) is -0.186. The summed E-state index contributed by atoms with van der Waals surface area (Å²) < 4.78 is 12.8. The van der Waals surface area contributed by atoms with Gasteiger partial charge in [0.05, 0.1) is 0 Å². The zero-order valence-electron chi connectivity index (χ0n) is 5.81. The van der Waals surface area contributed by atoms with Crippen LogP contribution in [0.25, 0.3) is 0 Å². The molecule has 0 spiro atoms. The molecule has 9 heavy (non-hydrogen) atoms. The van der Waals surface area contributed by atoms with E-state index in [0.717, 1.165) is 19.3 Å². The minimum atomic E-state index is -0.751. The van der Waals surface area contributed by atoms with E-state index < -0.39 is 6.17 Å². The molecule has 0 aromatic carbocycles. The van der Waals surface area contributed by atoms with Gasteiger partial charge in [0.1, 0.15) is 6.17 Å². The van der Waals surface area contributed by atoms with Crippen molar-refractivity contribution in [1.29, 1.82) is 0 Å². The average Bonchev–Trinajstić information content (AvgIpc) is 1.83. The SMILES string of the molecule is CC1CCCC(N)C1F. The lowest BCUT2D eigenvalue weighted by Crippen LogP contribution is -2.39. The maximum Gasteiger partial charge on any atom is 0.118 e. The molecule has 1 fully saturated rings. The van der Waals surface area contributed by atoms with Gasteiger partial charge in [0.2, 0.25) is 0 Å². The van der Waals surface area contributed by atoms with E-state index in [0.29, 0.717) is 0 Å². The summed E-state index contributed by atoms with van der Waals surface area (Å²) in [5, 5.41) is 0. The fourth-order valence-electron chi connectivity index (χ4n) is 1.42. The van der Waals surface area contributed by atoms with Crippen LogP contribution in [0.4, 0.5) is 4.39 Å².